The van der Waals surface area contributed by atoms with E-state index in [2.05, 4.69) is 22.4 Å². The molecule has 1 aliphatic rings. The summed E-state index contributed by atoms with van der Waals surface area (Å²) >= 11 is 1.27. The molecule has 0 radical (unpaired) electrons. The minimum atomic E-state index is -0.684. The average molecular weight is 402 g/mol. The second-order valence-corrected chi connectivity index (χ2v) is 7.64. The van der Waals surface area contributed by atoms with Crippen molar-refractivity contribution in [3.05, 3.63) is 53.7 Å². The van der Waals surface area contributed by atoms with Crippen LogP contribution >= 0.6 is 11.9 Å². The minimum Gasteiger partial charge on any atom is -0.481 e. The number of rotatable bonds is 9. The van der Waals surface area contributed by atoms with Crippen LogP contribution < -0.4 is 10.5 Å². The number of nitrogens with zero attached hydrogens (tertiary/aromatic N) is 1. The Morgan fingerprint density at radius 3 is 2.54 bits per heavy atom. The highest BCUT2D eigenvalue weighted by molar-refractivity contribution is 7.97. The zero-order valence-electron chi connectivity index (χ0n) is 16.4. The van der Waals surface area contributed by atoms with Crippen molar-refractivity contribution >= 4 is 23.7 Å². The fraction of sp³-hybridized carbons (Fsp3) is 0.455. The summed E-state index contributed by atoms with van der Waals surface area (Å²) in [5.74, 6) is 0.394. The number of carboxylic acid groups (broad SMARTS) is 1. The highest BCUT2D eigenvalue weighted by Gasteiger charge is 2.09. The van der Waals surface area contributed by atoms with Gasteiger partial charge in [-0.2, -0.15) is 0 Å². The first-order valence-corrected chi connectivity index (χ1v) is 10.9. The summed E-state index contributed by atoms with van der Waals surface area (Å²) in [6, 6.07) is 14.2. The Labute approximate surface area is 172 Å². The second kappa shape index (κ2) is 13.2. The molecule has 1 aliphatic heterocycles. The largest absolute Gasteiger partial charge is 0.481 e. The maximum absolute atomic E-state index is 10.4. The monoisotopic (exact) mass is 401 g/mol. The third-order valence-electron chi connectivity index (χ3n) is 4.65. The van der Waals surface area contributed by atoms with Crippen LogP contribution in [0.4, 0.5) is 5.82 Å². The summed E-state index contributed by atoms with van der Waals surface area (Å²) in [5.41, 5.74) is 2.51. The van der Waals surface area contributed by atoms with Gasteiger partial charge >= 0.3 is 5.97 Å². The Balaban J connectivity index is 0.000000292. The molecule has 3 rings (SSSR count). The van der Waals surface area contributed by atoms with Crippen molar-refractivity contribution in [2.24, 2.45) is 5.14 Å². The molecular formula is C22H31N3O2S. The molecule has 0 atom stereocenters. The van der Waals surface area contributed by atoms with E-state index >= 15 is 0 Å². The van der Waals surface area contributed by atoms with E-state index in [1.54, 1.807) is 0 Å². The smallest absolute Gasteiger partial charge is 0.303 e. The van der Waals surface area contributed by atoms with Crippen LogP contribution in [0.5, 0.6) is 0 Å². The molecule has 0 fully saturated rings. The van der Waals surface area contributed by atoms with Crippen LogP contribution in [0.3, 0.4) is 0 Å². The number of aryl methyl sites for hydroxylation is 2. The van der Waals surface area contributed by atoms with Gasteiger partial charge in [0.15, 0.2) is 0 Å². The van der Waals surface area contributed by atoms with E-state index in [9.17, 15) is 4.79 Å². The van der Waals surface area contributed by atoms with Crippen LogP contribution in [0.2, 0.25) is 0 Å². The molecule has 2 aromatic rings. The number of hydrogen-bond donors (Lipinski definition) is 3. The number of benzene rings is 1. The summed E-state index contributed by atoms with van der Waals surface area (Å²) in [5, 5.41) is 17.2. The molecule has 0 saturated heterocycles. The molecule has 2 heterocycles. The highest BCUT2D eigenvalue weighted by Crippen LogP contribution is 2.20. The molecule has 152 valence electrons. The van der Waals surface area contributed by atoms with Gasteiger partial charge in [-0.15, -0.1) is 0 Å². The highest BCUT2D eigenvalue weighted by atomic mass is 32.2. The topological polar surface area (TPSA) is 88.2 Å². The molecule has 0 spiro atoms. The molecule has 0 aliphatic carbocycles. The van der Waals surface area contributed by atoms with Crippen molar-refractivity contribution in [2.75, 3.05) is 11.9 Å². The van der Waals surface area contributed by atoms with Gasteiger partial charge in [0.05, 0.1) is 0 Å². The fourth-order valence-corrected chi connectivity index (χ4v) is 3.43. The van der Waals surface area contributed by atoms with Crippen LogP contribution in [-0.2, 0) is 17.6 Å². The first-order chi connectivity index (χ1) is 13.7. The predicted molar refractivity (Wildman–Crippen MR) is 117 cm³/mol. The zero-order chi connectivity index (χ0) is 20.0. The van der Waals surface area contributed by atoms with Gasteiger partial charge in [-0.3, -0.25) is 9.93 Å². The van der Waals surface area contributed by atoms with E-state index in [0.717, 1.165) is 62.2 Å². The van der Waals surface area contributed by atoms with Crippen molar-refractivity contribution in [2.45, 2.75) is 62.7 Å². The molecular weight excluding hydrogens is 370 g/mol. The number of anilines is 1. The van der Waals surface area contributed by atoms with Gasteiger partial charge in [0.25, 0.3) is 0 Å². The van der Waals surface area contributed by atoms with Gasteiger partial charge in [-0.1, -0.05) is 43.5 Å². The summed E-state index contributed by atoms with van der Waals surface area (Å²) < 4.78 is 0. The van der Waals surface area contributed by atoms with Gasteiger partial charge in [-0.25, -0.2) is 4.98 Å². The van der Waals surface area contributed by atoms with Crippen LogP contribution in [0, 0.1) is 0 Å². The predicted octanol–water partition coefficient (Wildman–Crippen LogP) is 5.06. The summed E-state index contributed by atoms with van der Waals surface area (Å²) in [6.07, 6.45) is 8.90. The number of carbonyl (C=O) groups is 1. The number of carboxylic acids is 1. The summed E-state index contributed by atoms with van der Waals surface area (Å²) in [4.78, 5) is 16.2. The van der Waals surface area contributed by atoms with Gasteiger partial charge in [0, 0.05) is 23.6 Å². The number of pyridine rings is 1. The first-order valence-electron chi connectivity index (χ1n) is 10.1. The van der Waals surface area contributed by atoms with E-state index in [-0.39, 0.29) is 0 Å². The maximum atomic E-state index is 10.4. The number of nitrogens with one attached hydrogen (secondary N) is 1. The minimum absolute atomic E-state index is 0.304. The lowest BCUT2D eigenvalue weighted by atomic mass is 10.0. The first kappa shape index (κ1) is 22.2. The third kappa shape index (κ3) is 8.76. The SMILES string of the molecule is NSc1ccccc1.O=C(O)CCCCCCCc1ccc2c(n1)NCCC2. The molecule has 28 heavy (non-hydrogen) atoms. The number of unbranched alkanes of at least 4 members (excludes halogenated alkanes) is 4. The number of hydrogen-bond acceptors (Lipinski definition) is 5. The fourth-order valence-electron chi connectivity index (χ4n) is 3.12. The zero-order valence-corrected chi connectivity index (χ0v) is 17.2. The lowest BCUT2D eigenvalue weighted by Gasteiger charge is -2.17. The van der Waals surface area contributed by atoms with Crippen LogP contribution in [-0.4, -0.2) is 22.6 Å². The Morgan fingerprint density at radius 2 is 1.82 bits per heavy atom. The van der Waals surface area contributed by atoms with E-state index in [4.69, 9.17) is 10.2 Å². The summed E-state index contributed by atoms with van der Waals surface area (Å²) in [6.45, 7) is 1.03. The van der Waals surface area contributed by atoms with Crippen molar-refractivity contribution in [1.29, 1.82) is 0 Å². The van der Waals surface area contributed by atoms with Crippen molar-refractivity contribution in [1.82, 2.24) is 4.98 Å². The van der Waals surface area contributed by atoms with E-state index in [1.807, 2.05) is 30.3 Å². The Hall–Kier alpha value is -2.05. The average Bonchev–Trinajstić information content (AvgIpc) is 2.74. The van der Waals surface area contributed by atoms with E-state index < -0.39 is 5.97 Å². The Bertz CT molecular complexity index is 710. The van der Waals surface area contributed by atoms with Gasteiger partial charge < -0.3 is 10.4 Å². The molecule has 0 saturated carbocycles. The van der Waals surface area contributed by atoms with Gasteiger partial charge in [-0.05, 0) is 67.8 Å². The molecule has 0 bridgehead atoms. The van der Waals surface area contributed by atoms with E-state index in [1.165, 1.54) is 29.6 Å². The van der Waals surface area contributed by atoms with E-state index in [0.29, 0.717) is 6.42 Å². The Kier molecular flexibility index (Phi) is 10.5. The molecule has 0 unspecified atom stereocenters. The van der Waals surface area contributed by atoms with Crippen LogP contribution in [0.15, 0.2) is 47.4 Å². The molecule has 1 aromatic heterocycles. The lowest BCUT2D eigenvalue weighted by molar-refractivity contribution is -0.137. The quantitative estimate of drug-likeness (QED) is 0.402. The van der Waals surface area contributed by atoms with Crippen molar-refractivity contribution in [3.63, 3.8) is 0 Å². The number of aromatic nitrogens is 1. The third-order valence-corrected chi connectivity index (χ3v) is 5.20. The van der Waals surface area contributed by atoms with Crippen LogP contribution in [0.1, 0.15) is 56.2 Å². The standard InChI is InChI=1S/C16H24N2O2.C6H7NS/c19-15(20)9-5-3-1-2-4-8-14-11-10-13-7-6-12-17-16(13)18-14;7-8-6-4-2-1-3-5-6/h10-11H,1-9,12H2,(H,17,18)(H,19,20);1-5H,7H2. The van der Waals surface area contributed by atoms with Crippen molar-refractivity contribution < 1.29 is 9.90 Å². The number of aliphatic carboxylic acids is 1. The van der Waals surface area contributed by atoms with Crippen LogP contribution in [0.25, 0.3) is 0 Å². The second-order valence-electron chi connectivity index (χ2n) is 6.93. The summed E-state index contributed by atoms with van der Waals surface area (Å²) in [7, 11) is 0. The number of fused-ring (bicyclic) bond motifs is 1. The Morgan fingerprint density at radius 1 is 1.07 bits per heavy atom. The van der Waals surface area contributed by atoms with Gasteiger partial charge in [0.1, 0.15) is 5.82 Å². The molecule has 6 heteroatoms. The lowest BCUT2D eigenvalue weighted by Crippen LogP contribution is -2.13. The van der Waals surface area contributed by atoms with Crippen molar-refractivity contribution in [3.8, 4) is 0 Å². The normalized spacial score (nSPS) is 12.3. The molecule has 0 amide bonds. The van der Waals surface area contributed by atoms with Gasteiger partial charge in [0.2, 0.25) is 0 Å². The molecule has 1 aromatic carbocycles. The molecule has 4 N–H and O–H groups in total. The number of nitrogens with two attached hydrogens (primary N) is 1. The maximum Gasteiger partial charge on any atom is 0.303 e. The molecule has 5 nitrogen and oxygen atoms in total.